The maximum absolute atomic E-state index is 11.8. The number of carbonyl (C=O) groups is 1. The number of ether oxygens (including phenoxy) is 2. The predicted molar refractivity (Wildman–Crippen MR) is 138 cm³/mol. The molecule has 1 aliphatic carbocycles. The molecule has 3 heterocycles. The van der Waals surface area contributed by atoms with Gasteiger partial charge in [-0.15, -0.1) is 11.3 Å². The minimum atomic E-state index is -0.914. The second-order valence-electron chi connectivity index (χ2n) is 10.3. The van der Waals surface area contributed by atoms with Crippen molar-refractivity contribution in [3.05, 3.63) is 39.8 Å². The maximum Gasteiger partial charge on any atom is 0.348 e. The zero-order valence-electron chi connectivity index (χ0n) is 20.8. The molecule has 7 nitrogen and oxygen atoms in total. The molecule has 2 N–H and O–H groups in total. The number of anilines is 1. The van der Waals surface area contributed by atoms with Crippen molar-refractivity contribution in [2.45, 2.75) is 65.1 Å². The highest BCUT2D eigenvalue weighted by atomic mass is 32.1. The lowest BCUT2D eigenvalue weighted by Gasteiger charge is -2.30. The van der Waals surface area contributed by atoms with Crippen molar-refractivity contribution >= 4 is 23.0 Å². The number of morpholine rings is 1. The Balaban J connectivity index is 1.31. The van der Waals surface area contributed by atoms with Crippen LogP contribution < -0.4 is 10.1 Å². The number of rotatable bonds is 7. The van der Waals surface area contributed by atoms with Gasteiger partial charge in [0.05, 0.1) is 36.1 Å². The summed E-state index contributed by atoms with van der Waals surface area (Å²) in [7, 11) is 0. The van der Waals surface area contributed by atoms with E-state index in [0.717, 1.165) is 74.7 Å². The zero-order chi connectivity index (χ0) is 24.8. The molecule has 1 aliphatic heterocycles. The van der Waals surface area contributed by atoms with E-state index in [4.69, 9.17) is 9.47 Å². The van der Waals surface area contributed by atoms with E-state index in [1.165, 1.54) is 11.3 Å². The van der Waals surface area contributed by atoms with Crippen LogP contribution in [0.4, 0.5) is 5.69 Å². The standard InChI is InChI=1S/C27H35N3O4S/c1-27(2,3)9-8-23-15-24(25(35-23)26(31)32)29-20-4-6-21(7-5-20)34-22-14-19(16-28-17-22)18-30-10-12-33-13-11-30/h14-17,20-21,29H,4-7,10-13,18H2,1-3H3,(H,31,32)/t20-,21-. The molecule has 0 bridgehead atoms. The molecule has 188 valence electrons. The minimum absolute atomic E-state index is 0.128. The Hall–Kier alpha value is -2.60. The molecule has 1 saturated carbocycles. The lowest BCUT2D eigenvalue weighted by atomic mass is 9.92. The summed E-state index contributed by atoms with van der Waals surface area (Å²) < 4.78 is 11.7. The van der Waals surface area contributed by atoms with Crippen LogP contribution in [-0.2, 0) is 11.3 Å². The van der Waals surface area contributed by atoms with Crippen LogP contribution in [-0.4, -0.2) is 59.4 Å². The van der Waals surface area contributed by atoms with Crippen LogP contribution in [0.1, 0.15) is 66.6 Å². The molecule has 0 radical (unpaired) electrons. The average Bonchev–Trinajstić information content (AvgIpc) is 3.23. The molecule has 2 aromatic rings. The molecule has 0 spiro atoms. The maximum atomic E-state index is 11.8. The largest absolute Gasteiger partial charge is 0.489 e. The molecule has 0 amide bonds. The lowest BCUT2D eigenvalue weighted by molar-refractivity contribution is 0.0341. The van der Waals surface area contributed by atoms with Crippen LogP contribution in [0, 0.1) is 17.3 Å². The topological polar surface area (TPSA) is 83.9 Å². The van der Waals surface area contributed by atoms with Crippen molar-refractivity contribution in [3.8, 4) is 17.6 Å². The number of thiophene rings is 1. The summed E-state index contributed by atoms with van der Waals surface area (Å²) in [5.74, 6) is 6.22. The Morgan fingerprint density at radius 3 is 2.66 bits per heavy atom. The fourth-order valence-electron chi connectivity index (χ4n) is 4.34. The molecule has 8 heteroatoms. The first-order valence-corrected chi connectivity index (χ1v) is 13.1. The Morgan fingerprint density at radius 1 is 1.23 bits per heavy atom. The number of carboxylic acid groups (broad SMARTS) is 1. The molecule has 1 saturated heterocycles. The van der Waals surface area contributed by atoms with Gasteiger partial charge in [0.25, 0.3) is 0 Å². The number of carboxylic acids is 1. The smallest absolute Gasteiger partial charge is 0.348 e. The molecule has 0 aromatic carbocycles. The first-order chi connectivity index (χ1) is 16.7. The van der Waals surface area contributed by atoms with Crippen LogP contribution in [0.25, 0.3) is 0 Å². The van der Waals surface area contributed by atoms with Crippen LogP contribution in [0.15, 0.2) is 24.5 Å². The van der Waals surface area contributed by atoms with Crippen LogP contribution in [0.2, 0.25) is 0 Å². The SMILES string of the molecule is CC(C)(C)C#Cc1cc(N[C@H]2CC[C@H](Oc3cncc(CN4CCOCC4)c3)CC2)c(C(=O)O)s1. The summed E-state index contributed by atoms with van der Waals surface area (Å²) in [6.45, 7) is 10.4. The molecule has 4 rings (SSSR count). The van der Waals surface area contributed by atoms with E-state index in [-0.39, 0.29) is 17.6 Å². The average molecular weight is 498 g/mol. The third-order valence-corrected chi connectivity index (χ3v) is 7.14. The number of aromatic carboxylic acids is 1. The fraction of sp³-hybridized carbons (Fsp3) is 0.556. The third-order valence-electron chi connectivity index (χ3n) is 6.10. The summed E-state index contributed by atoms with van der Waals surface area (Å²) in [5.41, 5.74) is 1.70. The van der Waals surface area contributed by atoms with Gasteiger partial charge in [-0.25, -0.2) is 4.79 Å². The zero-order valence-corrected chi connectivity index (χ0v) is 21.6. The van der Waals surface area contributed by atoms with E-state index < -0.39 is 5.97 Å². The van der Waals surface area contributed by atoms with Gasteiger partial charge in [-0.05, 0) is 64.2 Å². The van der Waals surface area contributed by atoms with Gasteiger partial charge in [0.1, 0.15) is 10.6 Å². The number of hydrogen-bond acceptors (Lipinski definition) is 7. The third kappa shape index (κ3) is 7.69. The van der Waals surface area contributed by atoms with E-state index in [9.17, 15) is 9.90 Å². The molecule has 0 atom stereocenters. The van der Waals surface area contributed by atoms with Crippen molar-refractivity contribution in [3.63, 3.8) is 0 Å². The molecular formula is C27H35N3O4S. The number of nitrogens with one attached hydrogen (secondary N) is 1. The molecular weight excluding hydrogens is 462 g/mol. The Morgan fingerprint density at radius 2 is 1.97 bits per heavy atom. The summed E-state index contributed by atoms with van der Waals surface area (Å²) >= 11 is 1.24. The highest BCUT2D eigenvalue weighted by Crippen LogP contribution is 2.31. The van der Waals surface area contributed by atoms with Crippen molar-refractivity contribution in [2.24, 2.45) is 5.41 Å². The van der Waals surface area contributed by atoms with Crippen LogP contribution in [0.3, 0.4) is 0 Å². The van der Waals surface area contributed by atoms with E-state index in [2.05, 4.69) is 33.1 Å². The Bertz CT molecular complexity index is 1070. The van der Waals surface area contributed by atoms with Gasteiger partial charge in [0, 0.05) is 37.3 Å². The van der Waals surface area contributed by atoms with Gasteiger partial charge in [-0.2, -0.15) is 0 Å². The molecule has 2 aliphatic rings. The molecule has 2 fully saturated rings. The van der Waals surface area contributed by atoms with E-state index in [1.807, 2.05) is 33.0 Å². The monoisotopic (exact) mass is 497 g/mol. The van der Waals surface area contributed by atoms with Crippen molar-refractivity contribution in [1.29, 1.82) is 0 Å². The summed E-state index contributed by atoms with van der Waals surface area (Å²) in [6.07, 6.45) is 7.50. The minimum Gasteiger partial charge on any atom is -0.489 e. The summed E-state index contributed by atoms with van der Waals surface area (Å²) in [5, 5.41) is 13.1. The second-order valence-corrected chi connectivity index (χ2v) is 11.4. The van der Waals surface area contributed by atoms with E-state index in [1.54, 1.807) is 6.20 Å². The van der Waals surface area contributed by atoms with E-state index in [0.29, 0.717) is 10.6 Å². The number of hydrogen-bond donors (Lipinski definition) is 2. The quantitative estimate of drug-likeness (QED) is 0.528. The van der Waals surface area contributed by atoms with Gasteiger partial charge in [0.2, 0.25) is 0 Å². The van der Waals surface area contributed by atoms with Crippen molar-refractivity contribution in [1.82, 2.24) is 9.88 Å². The number of nitrogens with zero attached hydrogens (tertiary/aromatic N) is 2. The van der Waals surface area contributed by atoms with Crippen molar-refractivity contribution in [2.75, 3.05) is 31.6 Å². The first-order valence-electron chi connectivity index (χ1n) is 12.3. The van der Waals surface area contributed by atoms with Gasteiger partial charge < -0.3 is 19.9 Å². The number of aromatic nitrogens is 1. The second kappa shape index (κ2) is 11.4. The van der Waals surface area contributed by atoms with Gasteiger partial charge >= 0.3 is 5.97 Å². The highest BCUT2D eigenvalue weighted by Gasteiger charge is 2.25. The molecule has 2 aromatic heterocycles. The Kier molecular flexibility index (Phi) is 8.32. The van der Waals surface area contributed by atoms with Gasteiger partial charge in [-0.1, -0.05) is 11.8 Å². The van der Waals surface area contributed by atoms with Crippen LogP contribution in [0.5, 0.6) is 5.75 Å². The summed E-state index contributed by atoms with van der Waals surface area (Å²) in [6, 6.07) is 4.19. The van der Waals surface area contributed by atoms with Crippen LogP contribution >= 0.6 is 11.3 Å². The normalized spacial score (nSPS) is 21.1. The number of pyridine rings is 1. The van der Waals surface area contributed by atoms with Gasteiger partial charge in [0.15, 0.2) is 0 Å². The molecule has 0 unspecified atom stereocenters. The first kappa shape index (κ1) is 25.5. The Labute approximate surface area is 211 Å². The molecule has 35 heavy (non-hydrogen) atoms. The highest BCUT2D eigenvalue weighted by molar-refractivity contribution is 7.15. The van der Waals surface area contributed by atoms with E-state index >= 15 is 0 Å². The lowest BCUT2D eigenvalue weighted by Crippen LogP contribution is -2.35. The summed E-state index contributed by atoms with van der Waals surface area (Å²) in [4.78, 5) is 19.6. The fourth-order valence-corrected chi connectivity index (χ4v) is 5.15. The van der Waals surface area contributed by atoms with Crippen molar-refractivity contribution < 1.29 is 19.4 Å². The van der Waals surface area contributed by atoms with Gasteiger partial charge in [-0.3, -0.25) is 9.88 Å². The predicted octanol–water partition coefficient (Wildman–Crippen LogP) is 4.87.